The summed E-state index contributed by atoms with van der Waals surface area (Å²) in [6, 6.07) is 8.72. The van der Waals surface area contributed by atoms with E-state index in [1.54, 1.807) is 12.3 Å². The van der Waals surface area contributed by atoms with E-state index in [4.69, 9.17) is 4.74 Å². The van der Waals surface area contributed by atoms with Crippen LogP contribution in [0.25, 0.3) is 22.9 Å². The molecule has 0 unspecified atom stereocenters. The van der Waals surface area contributed by atoms with Gasteiger partial charge < -0.3 is 4.74 Å². The van der Waals surface area contributed by atoms with E-state index in [1.807, 2.05) is 24.3 Å². The number of ether oxygens (including phenoxy) is 1. The molecule has 25 heavy (non-hydrogen) atoms. The lowest BCUT2D eigenvalue weighted by atomic mass is 9.86. The second-order valence-electron chi connectivity index (χ2n) is 6.37. The predicted molar refractivity (Wildman–Crippen MR) is 103 cm³/mol. The van der Waals surface area contributed by atoms with Crippen molar-refractivity contribution in [3.05, 3.63) is 83.2 Å². The molecule has 2 heteroatoms. The van der Waals surface area contributed by atoms with Crippen molar-refractivity contribution in [2.24, 2.45) is 0 Å². The monoisotopic (exact) mass is 328 g/mol. The number of fused-ring (bicyclic) bond motifs is 5. The van der Waals surface area contributed by atoms with Crippen molar-refractivity contribution in [2.75, 3.05) is 6.61 Å². The zero-order chi connectivity index (χ0) is 17.1. The van der Waals surface area contributed by atoms with Crippen LogP contribution in [0, 0.1) is 0 Å². The van der Waals surface area contributed by atoms with Gasteiger partial charge in [-0.25, -0.2) is 0 Å². The molecular weight excluding hydrogens is 308 g/mol. The number of ketones is 1. The number of aryl methyl sites for hydroxylation is 1. The predicted octanol–water partition coefficient (Wildman–Crippen LogP) is 5.02. The fraction of sp³-hybridized carbons (Fsp3) is 0.174. The number of carbonyl (C=O) groups excluding carboxylic acids is 1. The number of hydrogen-bond donors (Lipinski definition) is 0. The summed E-state index contributed by atoms with van der Waals surface area (Å²) in [5.41, 5.74) is 5.18. The van der Waals surface area contributed by atoms with Gasteiger partial charge in [-0.2, -0.15) is 0 Å². The molecule has 0 radical (unpaired) electrons. The molecule has 1 aliphatic heterocycles. The number of carbonyl (C=O) groups is 1. The van der Waals surface area contributed by atoms with Crippen molar-refractivity contribution >= 4 is 28.7 Å². The smallest absolute Gasteiger partial charge is 0.160 e. The number of hydrogen-bond acceptors (Lipinski definition) is 2. The molecule has 0 atom stereocenters. The number of benzene rings is 2. The topological polar surface area (TPSA) is 26.3 Å². The Hall–Kier alpha value is -2.87. The summed E-state index contributed by atoms with van der Waals surface area (Å²) in [5.74, 6) is 0.202. The molecule has 2 aromatic carbocycles. The highest BCUT2D eigenvalue weighted by molar-refractivity contribution is 6.04. The summed E-state index contributed by atoms with van der Waals surface area (Å²) >= 11 is 0. The van der Waals surface area contributed by atoms with E-state index in [0.29, 0.717) is 6.42 Å². The van der Waals surface area contributed by atoms with E-state index in [2.05, 4.69) is 36.4 Å². The average Bonchev–Trinajstić information content (AvgIpc) is 2.69. The van der Waals surface area contributed by atoms with Crippen LogP contribution in [0.1, 0.15) is 28.7 Å². The summed E-state index contributed by atoms with van der Waals surface area (Å²) in [4.78, 5) is 11.5. The summed E-state index contributed by atoms with van der Waals surface area (Å²) < 4.78 is 4.80. The Labute approximate surface area is 147 Å². The first-order valence-electron chi connectivity index (χ1n) is 8.71. The summed E-state index contributed by atoms with van der Waals surface area (Å²) in [7, 11) is 0. The molecule has 1 heterocycles. The zero-order valence-electron chi connectivity index (χ0n) is 14.1. The lowest BCUT2D eigenvalue weighted by Gasteiger charge is -2.18. The van der Waals surface area contributed by atoms with Crippen LogP contribution < -0.4 is 0 Å². The van der Waals surface area contributed by atoms with Gasteiger partial charge in [0.15, 0.2) is 5.78 Å². The van der Waals surface area contributed by atoms with E-state index in [-0.39, 0.29) is 5.78 Å². The Kier molecular flexibility index (Phi) is 4.34. The Morgan fingerprint density at radius 3 is 2.56 bits per heavy atom. The minimum Gasteiger partial charge on any atom is -0.497 e. The second kappa shape index (κ2) is 6.94. The van der Waals surface area contributed by atoms with E-state index in [9.17, 15) is 4.79 Å². The van der Waals surface area contributed by atoms with Crippen LogP contribution in [0.15, 0.2) is 60.9 Å². The lowest BCUT2D eigenvalue weighted by molar-refractivity contribution is -0.114. The number of allylic oxidation sites excluding steroid dienone is 4. The van der Waals surface area contributed by atoms with Gasteiger partial charge in [0.2, 0.25) is 0 Å². The van der Waals surface area contributed by atoms with Crippen molar-refractivity contribution in [3.8, 4) is 0 Å². The van der Waals surface area contributed by atoms with Crippen molar-refractivity contribution in [1.82, 2.24) is 0 Å². The van der Waals surface area contributed by atoms with Gasteiger partial charge in [0.25, 0.3) is 0 Å². The third kappa shape index (κ3) is 3.20. The summed E-state index contributed by atoms with van der Waals surface area (Å²) in [5, 5.41) is 2.63. The first kappa shape index (κ1) is 15.6. The maximum atomic E-state index is 11.5. The van der Waals surface area contributed by atoms with E-state index < -0.39 is 0 Å². The van der Waals surface area contributed by atoms with Crippen LogP contribution in [0.4, 0.5) is 0 Å². The zero-order valence-corrected chi connectivity index (χ0v) is 14.1. The van der Waals surface area contributed by atoms with Crippen molar-refractivity contribution < 1.29 is 9.53 Å². The molecule has 3 aliphatic rings. The molecule has 0 bridgehead atoms. The summed E-state index contributed by atoms with van der Waals surface area (Å²) in [6.07, 6.45) is 18.4. The molecule has 0 spiro atoms. The van der Waals surface area contributed by atoms with Crippen molar-refractivity contribution in [3.63, 3.8) is 0 Å². The van der Waals surface area contributed by atoms with Gasteiger partial charge in [-0.3, -0.25) is 4.79 Å². The van der Waals surface area contributed by atoms with Gasteiger partial charge in [-0.15, -0.1) is 0 Å². The fourth-order valence-electron chi connectivity index (χ4n) is 3.55. The van der Waals surface area contributed by atoms with E-state index in [0.717, 1.165) is 25.0 Å². The minimum atomic E-state index is 0.202. The Morgan fingerprint density at radius 1 is 0.880 bits per heavy atom. The largest absolute Gasteiger partial charge is 0.497 e. The van der Waals surface area contributed by atoms with Crippen LogP contribution in [-0.2, 0) is 22.4 Å². The molecule has 0 saturated heterocycles. The molecule has 0 fully saturated rings. The van der Waals surface area contributed by atoms with Gasteiger partial charge in [-0.05, 0) is 64.1 Å². The quantitative estimate of drug-likeness (QED) is 0.678. The first-order valence-corrected chi connectivity index (χ1v) is 8.71. The minimum absolute atomic E-state index is 0.202. The molecule has 0 amide bonds. The maximum Gasteiger partial charge on any atom is 0.160 e. The van der Waals surface area contributed by atoms with Gasteiger partial charge >= 0.3 is 0 Å². The maximum absolute atomic E-state index is 11.5. The molecule has 5 rings (SSSR count). The normalized spacial score (nSPS) is 16.7. The molecule has 2 aliphatic carbocycles. The van der Waals surface area contributed by atoms with Crippen LogP contribution in [-0.4, -0.2) is 12.4 Å². The van der Waals surface area contributed by atoms with Gasteiger partial charge in [0.1, 0.15) is 6.61 Å². The van der Waals surface area contributed by atoms with E-state index >= 15 is 0 Å². The van der Waals surface area contributed by atoms with Crippen LogP contribution in [0.2, 0.25) is 0 Å². The fourth-order valence-corrected chi connectivity index (χ4v) is 3.55. The van der Waals surface area contributed by atoms with Crippen LogP contribution >= 0.6 is 0 Å². The Morgan fingerprint density at radius 2 is 1.80 bits per heavy atom. The van der Waals surface area contributed by atoms with Crippen molar-refractivity contribution in [2.45, 2.75) is 19.3 Å². The molecule has 2 aromatic rings. The first-order chi connectivity index (χ1) is 12.3. The average molecular weight is 328 g/mol. The van der Waals surface area contributed by atoms with Crippen molar-refractivity contribution in [1.29, 1.82) is 0 Å². The van der Waals surface area contributed by atoms with Crippen LogP contribution in [0.3, 0.4) is 0 Å². The molecule has 0 N–H and O–H groups in total. The lowest BCUT2D eigenvalue weighted by Crippen LogP contribution is -2.06. The highest BCUT2D eigenvalue weighted by Gasteiger charge is 2.16. The highest BCUT2D eigenvalue weighted by atomic mass is 16.5. The second-order valence-corrected chi connectivity index (χ2v) is 6.37. The summed E-state index contributed by atoms with van der Waals surface area (Å²) in [6.45, 7) is 0.733. The third-order valence-corrected chi connectivity index (χ3v) is 4.75. The molecule has 2 nitrogen and oxygen atoms in total. The highest BCUT2D eigenvalue weighted by Crippen LogP contribution is 2.33. The standard InChI is InChI=1S/C18H14O.C5H6O/c19-14-7-10-16-13(11-14)6-9-17-15-4-2-1-3-12(15)5-8-18(16)17;1-2-4-6-5-3-1/h1,3,5-10H,2,4,11H2;1-4H,5H2. The van der Waals surface area contributed by atoms with E-state index in [1.165, 1.54) is 27.5 Å². The molecule has 0 aromatic heterocycles. The van der Waals surface area contributed by atoms with Gasteiger partial charge in [0.05, 0.1) is 6.26 Å². The molecule has 0 saturated carbocycles. The molecule has 124 valence electrons. The Balaban J connectivity index is 0.000000223. The molecular formula is C23H20O2. The van der Waals surface area contributed by atoms with Crippen LogP contribution in [0.5, 0.6) is 0 Å². The van der Waals surface area contributed by atoms with Gasteiger partial charge in [0, 0.05) is 6.42 Å². The Bertz CT molecular complexity index is 930. The van der Waals surface area contributed by atoms with Gasteiger partial charge in [-0.1, -0.05) is 48.6 Å². The third-order valence-electron chi connectivity index (χ3n) is 4.75. The number of rotatable bonds is 0. The SMILES string of the molecule is C1=CCOC=C1.O=C1C=Cc2c(ccc3c4c(ccc23)C=CCC4)C1.